The van der Waals surface area contributed by atoms with E-state index in [1.165, 1.54) is 17.4 Å². The zero-order valence-corrected chi connectivity index (χ0v) is 15.8. The van der Waals surface area contributed by atoms with Gasteiger partial charge >= 0.3 is 0 Å². The predicted molar refractivity (Wildman–Crippen MR) is 108 cm³/mol. The molecule has 1 aliphatic heterocycles. The maximum atomic E-state index is 12.5. The monoisotopic (exact) mass is 375 g/mol. The van der Waals surface area contributed by atoms with Gasteiger partial charge in [0.05, 0.1) is 6.04 Å². The van der Waals surface area contributed by atoms with Crippen LogP contribution in [0.1, 0.15) is 58.7 Å². The van der Waals surface area contributed by atoms with Crippen LogP contribution in [0.2, 0.25) is 0 Å². The number of nitrogens with one attached hydrogen (secondary N) is 2. The summed E-state index contributed by atoms with van der Waals surface area (Å²) >= 11 is 0. The summed E-state index contributed by atoms with van der Waals surface area (Å²) in [5.74, 6) is 0.653. The number of carbonyl (C=O) groups excluding carboxylic acids is 1. The Bertz CT molecular complexity index is 847. The summed E-state index contributed by atoms with van der Waals surface area (Å²) in [6.07, 6.45) is 4.37. The third-order valence-electron chi connectivity index (χ3n) is 5.24. The fourth-order valence-electron chi connectivity index (χ4n) is 3.76. The van der Waals surface area contributed by atoms with E-state index in [4.69, 9.17) is 4.42 Å². The van der Waals surface area contributed by atoms with E-state index in [-0.39, 0.29) is 17.9 Å². The first kappa shape index (κ1) is 18.4. The quantitative estimate of drug-likeness (QED) is 0.654. The van der Waals surface area contributed by atoms with E-state index in [0.717, 1.165) is 25.8 Å². The molecular weight excluding hydrogens is 350 g/mol. The van der Waals surface area contributed by atoms with Gasteiger partial charge < -0.3 is 15.1 Å². The number of amides is 1. The first-order chi connectivity index (χ1) is 13.8. The van der Waals surface area contributed by atoms with Crippen LogP contribution in [-0.4, -0.2) is 24.0 Å². The molecule has 1 saturated heterocycles. The average molecular weight is 375 g/mol. The summed E-state index contributed by atoms with van der Waals surface area (Å²) in [7, 11) is 0. The zero-order chi connectivity index (χ0) is 19.2. The summed E-state index contributed by atoms with van der Waals surface area (Å²) in [6, 6.07) is 20.9. The average Bonchev–Trinajstić information content (AvgIpc) is 3.44. The molecule has 5 heteroatoms. The van der Waals surface area contributed by atoms with Crippen molar-refractivity contribution in [2.24, 2.45) is 0 Å². The Hall–Kier alpha value is -2.92. The smallest absolute Gasteiger partial charge is 0.273 e. The number of nitrogens with zero attached hydrogens (tertiary/aromatic N) is 1. The van der Waals surface area contributed by atoms with Crippen molar-refractivity contribution < 1.29 is 9.21 Å². The van der Waals surface area contributed by atoms with Crippen LogP contribution in [0, 0.1) is 0 Å². The van der Waals surface area contributed by atoms with Crippen molar-refractivity contribution in [3.05, 3.63) is 89.6 Å². The number of hydrogen-bond acceptors (Lipinski definition) is 4. The summed E-state index contributed by atoms with van der Waals surface area (Å²) in [5, 5.41) is 6.32. The normalized spacial score (nSPS) is 16.4. The van der Waals surface area contributed by atoms with Crippen molar-refractivity contribution in [2.75, 3.05) is 13.1 Å². The lowest BCUT2D eigenvalue weighted by atomic mass is 9.88. The molecule has 0 bridgehead atoms. The van der Waals surface area contributed by atoms with E-state index in [9.17, 15) is 4.79 Å². The molecule has 1 amide bonds. The Kier molecular flexibility index (Phi) is 5.83. The topological polar surface area (TPSA) is 67.2 Å². The maximum Gasteiger partial charge on any atom is 0.273 e. The van der Waals surface area contributed by atoms with Crippen LogP contribution in [0.25, 0.3) is 0 Å². The summed E-state index contributed by atoms with van der Waals surface area (Å²) in [6.45, 7) is 1.53. The first-order valence-corrected chi connectivity index (χ1v) is 9.88. The molecule has 1 atom stereocenters. The molecule has 1 fully saturated rings. The van der Waals surface area contributed by atoms with Crippen LogP contribution in [-0.2, 0) is 0 Å². The van der Waals surface area contributed by atoms with Crippen molar-refractivity contribution in [3.8, 4) is 0 Å². The molecule has 2 aromatic carbocycles. The summed E-state index contributed by atoms with van der Waals surface area (Å²) < 4.78 is 5.50. The highest BCUT2D eigenvalue weighted by molar-refractivity contribution is 5.91. The van der Waals surface area contributed by atoms with Crippen molar-refractivity contribution in [2.45, 2.75) is 31.2 Å². The van der Waals surface area contributed by atoms with Crippen molar-refractivity contribution in [1.82, 2.24) is 15.6 Å². The number of benzene rings is 2. The van der Waals surface area contributed by atoms with Crippen LogP contribution in [0.3, 0.4) is 0 Å². The molecule has 1 unspecified atom stereocenters. The number of carbonyl (C=O) groups is 1. The third-order valence-corrected chi connectivity index (χ3v) is 5.24. The van der Waals surface area contributed by atoms with Gasteiger partial charge in [0, 0.05) is 12.5 Å². The molecule has 2 N–H and O–H groups in total. The highest BCUT2D eigenvalue weighted by atomic mass is 16.3. The second-order valence-electron chi connectivity index (χ2n) is 7.14. The molecule has 0 saturated carbocycles. The van der Waals surface area contributed by atoms with Gasteiger partial charge in [0.15, 0.2) is 5.69 Å². The fourth-order valence-corrected chi connectivity index (χ4v) is 3.76. The van der Waals surface area contributed by atoms with E-state index in [2.05, 4.69) is 64.1 Å². The Morgan fingerprint density at radius 3 is 2.39 bits per heavy atom. The molecule has 2 heterocycles. The van der Waals surface area contributed by atoms with Gasteiger partial charge in [-0.05, 0) is 36.9 Å². The SMILES string of the molecule is O=C(NCCC(c1ccccc1)c1ccccc1)c1coc(C2CCCN2)n1. The van der Waals surface area contributed by atoms with E-state index >= 15 is 0 Å². The van der Waals surface area contributed by atoms with Crippen molar-refractivity contribution in [1.29, 1.82) is 0 Å². The molecule has 28 heavy (non-hydrogen) atoms. The van der Waals surface area contributed by atoms with Crippen LogP contribution in [0.4, 0.5) is 0 Å². The van der Waals surface area contributed by atoms with Gasteiger partial charge in [-0.3, -0.25) is 4.79 Å². The molecule has 0 radical (unpaired) electrons. The van der Waals surface area contributed by atoms with Gasteiger partial charge in [0.25, 0.3) is 5.91 Å². The number of rotatable bonds is 7. The van der Waals surface area contributed by atoms with Gasteiger partial charge in [0.1, 0.15) is 6.26 Å². The first-order valence-electron chi connectivity index (χ1n) is 9.88. The fraction of sp³-hybridized carbons (Fsp3) is 0.304. The third kappa shape index (κ3) is 4.31. The van der Waals surface area contributed by atoms with Gasteiger partial charge in [-0.25, -0.2) is 4.98 Å². The van der Waals surface area contributed by atoms with Crippen LogP contribution >= 0.6 is 0 Å². The number of aromatic nitrogens is 1. The van der Waals surface area contributed by atoms with E-state index in [1.54, 1.807) is 0 Å². The van der Waals surface area contributed by atoms with Crippen LogP contribution in [0.15, 0.2) is 71.3 Å². The summed E-state index contributed by atoms with van der Waals surface area (Å²) in [4.78, 5) is 16.8. The lowest BCUT2D eigenvalue weighted by Gasteiger charge is -2.18. The van der Waals surface area contributed by atoms with Gasteiger partial charge in [-0.15, -0.1) is 0 Å². The van der Waals surface area contributed by atoms with Gasteiger partial charge in [-0.1, -0.05) is 60.7 Å². The van der Waals surface area contributed by atoms with Crippen molar-refractivity contribution >= 4 is 5.91 Å². The van der Waals surface area contributed by atoms with Crippen molar-refractivity contribution in [3.63, 3.8) is 0 Å². The Morgan fingerprint density at radius 2 is 1.79 bits per heavy atom. The highest BCUT2D eigenvalue weighted by Gasteiger charge is 2.23. The van der Waals surface area contributed by atoms with Crippen LogP contribution in [0.5, 0.6) is 0 Å². The molecule has 1 aliphatic rings. The molecule has 144 valence electrons. The number of oxazole rings is 1. The predicted octanol–water partition coefficient (Wildman–Crippen LogP) is 4.05. The Labute approximate surface area is 165 Å². The van der Waals surface area contributed by atoms with E-state index in [0.29, 0.717) is 18.1 Å². The lowest BCUT2D eigenvalue weighted by molar-refractivity contribution is 0.0947. The highest BCUT2D eigenvalue weighted by Crippen LogP contribution is 2.27. The molecule has 5 nitrogen and oxygen atoms in total. The number of hydrogen-bond donors (Lipinski definition) is 2. The molecule has 0 spiro atoms. The van der Waals surface area contributed by atoms with E-state index in [1.807, 2.05) is 12.1 Å². The molecule has 1 aromatic heterocycles. The van der Waals surface area contributed by atoms with Gasteiger partial charge in [0.2, 0.25) is 5.89 Å². The molecular formula is C23H25N3O2. The zero-order valence-electron chi connectivity index (χ0n) is 15.8. The summed E-state index contributed by atoms with van der Waals surface area (Å²) in [5.41, 5.74) is 2.85. The minimum Gasteiger partial charge on any atom is -0.446 e. The van der Waals surface area contributed by atoms with E-state index < -0.39 is 0 Å². The largest absolute Gasteiger partial charge is 0.446 e. The Morgan fingerprint density at radius 1 is 1.11 bits per heavy atom. The minimum absolute atomic E-state index is 0.127. The minimum atomic E-state index is -0.187. The molecule has 4 rings (SSSR count). The molecule has 3 aromatic rings. The second kappa shape index (κ2) is 8.85. The Balaban J connectivity index is 1.38. The second-order valence-corrected chi connectivity index (χ2v) is 7.14. The lowest BCUT2D eigenvalue weighted by Crippen LogP contribution is -2.26. The van der Waals surface area contributed by atoms with Crippen LogP contribution < -0.4 is 10.6 Å². The molecule has 0 aliphatic carbocycles. The maximum absolute atomic E-state index is 12.5. The van der Waals surface area contributed by atoms with Gasteiger partial charge in [-0.2, -0.15) is 0 Å². The standard InChI is InChI=1S/C23H25N3O2/c27-22(21-16-28-23(26-21)20-12-7-14-24-20)25-15-13-19(17-8-3-1-4-9-17)18-10-5-2-6-11-18/h1-6,8-11,16,19-20,24H,7,12-15H2,(H,25,27).